The number of rotatable bonds is 5. The second-order valence-electron chi connectivity index (χ2n) is 4.17. The zero-order valence-corrected chi connectivity index (χ0v) is 11.1. The van der Waals surface area contributed by atoms with E-state index in [4.69, 9.17) is 10.2 Å². The summed E-state index contributed by atoms with van der Waals surface area (Å²) in [5, 5.41) is 26.4. The molecule has 0 aliphatic heterocycles. The number of nitrogens with one attached hydrogen (secondary N) is 2. The molecule has 0 fully saturated rings. The maximum atomic E-state index is 11.5. The zero-order valence-electron chi connectivity index (χ0n) is 11.1. The van der Waals surface area contributed by atoms with E-state index < -0.39 is 24.6 Å². The third-order valence-corrected chi connectivity index (χ3v) is 2.87. The van der Waals surface area contributed by atoms with Crippen LogP contribution in [0.25, 0.3) is 0 Å². The molecular weight excluding hydrogens is 252 g/mol. The van der Waals surface area contributed by atoms with Gasteiger partial charge in [0.05, 0.1) is 12.3 Å². The number of hydrogen-bond acceptors (Lipinski definition) is 4. The first-order valence-corrected chi connectivity index (χ1v) is 5.74. The number of carbonyl (C=O) groups is 2. The Bertz CT molecular complexity index is 483. The van der Waals surface area contributed by atoms with Gasteiger partial charge in [-0.3, -0.25) is 4.68 Å². The van der Waals surface area contributed by atoms with E-state index in [9.17, 15) is 9.59 Å². The molecule has 0 aliphatic rings. The Hall–Kier alpha value is -2.09. The van der Waals surface area contributed by atoms with E-state index in [1.807, 2.05) is 13.8 Å². The van der Waals surface area contributed by atoms with Gasteiger partial charge in [0.15, 0.2) is 6.04 Å². The average molecular weight is 270 g/mol. The lowest BCUT2D eigenvalue weighted by Crippen LogP contribution is -2.47. The van der Waals surface area contributed by atoms with Gasteiger partial charge in [-0.15, -0.1) is 0 Å². The van der Waals surface area contributed by atoms with Crippen molar-refractivity contribution >= 4 is 12.0 Å². The Balaban J connectivity index is 2.57. The molecule has 2 amide bonds. The minimum atomic E-state index is -1.31. The van der Waals surface area contributed by atoms with E-state index in [1.165, 1.54) is 0 Å². The van der Waals surface area contributed by atoms with Crippen LogP contribution in [-0.2, 0) is 18.4 Å². The molecule has 0 saturated carbocycles. The minimum absolute atomic E-state index is 0.245. The molecular formula is C11H18N4O4. The number of urea groups is 1. The number of aryl methyl sites for hydroxylation is 2. The third kappa shape index (κ3) is 3.68. The van der Waals surface area contributed by atoms with E-state index in [1.54, 1.807) is 11.7 Å². The fraction of sp³-hybridized carbons (Fsp3) is 0.545. The van der Waals surface area contributed by atoms with Crippen molar-refractivity contribution in [3.05, 3.63) is 17.0 Å². The summed E-state index contributed by atoms with van der Waals surface area (Å²) in [5.41, 5.74) is 2.61. The number of aliphatic hydroxyl groups is 1. The van der Waals surface area contributed by atoms with Crippen LogP contribution >= 0.6 is 0 Å². The van der Waals surface area contributed by atoms with Crippen LogP contribution in [0.1, 0.15) is 17.0 Å². The molecule has 106 valence electrons. The summed E-state index contributed by atoms with van der Waals surface area (Å²) in [5.74, 6) is -1.29. The highest BCUT2D eigenvalue weighted by molar-refractivity contribution is 5.82. The molecule has 0 saturated heterocycles. The Morgan fingerprint density at radius 1 is 1.42 bits per heavy atom. The molecule has 0 bridgehead atoms. The summed E-state index contributed by atoms with van der Waals surface area (Å²) in [6, 6.07) is -1.96. The number of carboxylic acids is 1. The van der Waals surface area contributed by atoms with Gasteiger partial charge in [-0.1, -0.05) is 0 Å². The summed E-state index contributed by atoms with van der Waals surface area (Å²) < 4.78 is 1.71. The summed E-state index contributed by atoms with van der Waals surface area (Å²) in [6.07, 6.45) is 0. The third-order valence-electron chi connectivity index (χ3n) is 2.87. The molecule has 0 aromatic carbocycles. The Morgan fingerprint density at radius 2 is 2.05 bits per heavy atom. The molecule has 0 spiro atoms. The molecule has 0 radical (unpaired) electrons. The number of hydrogen-bond donors (Lipinski definition) is 4. The van der Waals surface area contributed by atoms with Crippen molar-refractivity contribution < 1.29 is 19.8 Å². The van der Waals surface area contributed by atoms with Gasteiger partial charge in [-0.25, -0.2) is 9.59 Å². The molecule has 1 heterocycles. The number of aromatic nitrogens is 2. The number of aliphatic carboxylic acids is 1. The number of carbonyl (C=O) groups excluding carboxylic acids is 1. The van der Waals surface area contributed by atoms with Crippen LogP contribution < -0.4 is 10.6 Å². The normalized spacial score (nSPS) is 12.0. The van der Waals surface area contributed by atoms with E-state index in [0.717, 1.165) is 17.0 Å². The summed E-state index contributed by atoms with van der Waals surface area (Å²) in [6.45, 7) is 3.29. The van der Waals surface area contributed by atoms with Gasteiger partial charge in [-0.2, -0.15) is 5.10 Å². The molecule has 19 heavy (non-hydrogen) atoms. The highest BCUT2D eigenvalue weighted by Crippen LogP contribution is 2.10. The number of nitrogens with zero attached hydrogens (tertiary/aromatic N) is 2. The van der Waals surface area contributed by atoms with Crippen LogP contribution in [0.15, 0.2) is 0 Å². The summed E-state index contributed by atoms with van der Waals surface area (Å²) in [4.78, 5) is 22.1. The first-order chi connectivity index (χ1) is 8.86. The maximum absolute atomic E-state index is 11.5. The second kappa shape index (κ2) is 6.19. The lowest BCUT2D eigenvalue weighted by molar-refractivity contribution is -0.140. The fourth-order valence-electron chi connectivity index (χ4n) is 1.64. The zero-order chi connectivity index (χ0) is 14.6. The Labute approximate surface area is 110 Å². The van der Waals surface area contributed by atoms with E-state index >= 15 is 0 Å². The molecule has 8 heteroatoms. The quantitative estimate of drug-likeness (QED) is 0.563. The predicted octanol–water partition coefficient (Wildman–Crippen LogP) is -0.718. The van der Waals surface area contributed by atoms with Crippen molar-refractivity contribution in [1.29, 1.82) is 0 Å². The van der Waals surface area contributed by atoms with Gasteiger partial charge in [-0.05, 0) is 13.8 Å². The molecule has 1 aromatic rings. The first-order valence-electron chi connectivity index (χ1n) is 5.74. The lowest BCUT2D eigenvalue weighted by atomic mass is 10.2. The van der Waals surface area contributed by atoms with Crippen molar-refractivity contribution in [2.75, 3.05) is 6.61 Å². The van der Waals surface area contributed by atoms with Gasteiger partial charge in [0.2, 0.25) is 0 Å². The van der Waals surface area contributed by atoms with Crippen LogP contribution in [0, 0.1) is 13.8 Å². The van der Waals surface area contributed by atoms with E-state index in [0.29, 0.717) is 0 Å². The largest absolute Gasteiger partial charge is 0.480 e. The summed E-state index contributed by atoms with van der Waals surface area (Å²) >= 11 is 0. The van der Waals surface area contributed by atoms with Gasteiger partial charge in [0.1, 0.15) is 0 Å². The molecule has 8 nitrogen and oxygen atoms in total. The lowest BCUT2D eigenvalue weighted by Gasteiger charge is -2.12. The van der Waals surface area contributed by atoms with Crippen molar-refractivity contribution in [2.24, 2.45) is 7.05 Å². The number of amides is 2. The highest BCUT2D eigenvalue weighted by Gasteiger charge is 2.19. The molecule has 1 rings (SSSR count). The van der Waals surface area contributed by atoms with E-state index in [-0.39, 0.29) is 6.54 Å². The molecule has 4 N–H and O–H groups in total. The van der Waals surface area contributed by atoms with Gasteiger partial charge in [0.25, 0.3) is 0 Å². The van der Waals surface area contributed by atoms with Gasteiger partial charge < -0.3 is 20.8 Å². The predicted molar refractivity (Wildman–Crippen MR) is 66.6 cm³/mol. The standard InChI is InChI=1S/C11H18N4O4/c1-6-8(7(2)15(3)14-6)4-12-11(19)13-9(5-16)10(17)18/h9,16H,4-5H2,1-3H3,(H,17,18)(H2,12,13,19). The van der Waals surface area contributed by atoms with Crippen LogP contribution in [0.4, 0.5) is 4.79 Å². The minimum Gasteiger partial charge on any atom is -0.480 e. The Morgan fingerprint density at radius 3 is 2.47 bits per heavy atom. The average Bonchev–Trinajstić information content (AvgIpc) is 2.58. The van der Waals surface area contributed by atoms with Gasteiger partial charge >= 0.3 is 12.0 Å². The fourth-order valence-corrected chi connectivity index (χ4v) is 1.64. The van der Waals surface area contributed by atoms with Crippen molar-refractivity contribution in [1.82, 2.24) is 20.4 Å². The molecule has 0 aliphatic carbocycles. The van der Waals surface area contributed by atoms with Gasteiger partial charge in [0, 0.05) is 24.8 Å². The van der Waals surface area contributed by atoms with Crippen LogP contribution in [0.3, 0.4) is 0 Å². The van der Waals surface area contributed by atoms with Crippen LogP contribution in [0.5, 0.6) is 0 Å². The maximum Gasteiger partial charge on any atom is 0.328 e. The van der Waals surface area contributed by atoms with Crippen LogP contribution in [-0.4, -0.2) is 44.6 Å². The monoisotopic (exact) mass is 270 g/mol. The molecule has 1 atom stereocenters. The smallest absolute Gasteiger partial charge is 0.328 e. The van der Waals surface area contributed by atoms with Crippen LogP contribution in [0.2, 0.25) is 0 Å². The SMILES string of the molecule is Cc1nn(C)c(C)c1CNC(=O)NC(CO)C(=O)O. The van der Waals surface area contributed by atoms with Crippen molar-refractivity contribution in [2.45, 2.75) is 26.4 Å². The topological polar surface area (TPSA) is 116 Å². The second-order valence-corrected chi connectivity index (χ2v) is 4.17. The first kappa shape index (κ1) is 15.0. The highest BCUT2D eigenvalue weighted by atomic mass is 16.4. The number of carboxylic acid groups (broad SMARTS) is 1. The van der Waals surface area contributed by atoms with Crippen molar-refractivity contribution in [3.8, 4) is 0 Å². The molecule has 1 aromatic heterocycles. The van der Waals surface area contributed by atoms with E-state index in [2.05, 4.69) is 15.7 Å². The van der Waals surface area contributed by atoms with Crippen molar-refractivity contribution in [3.63, 3.8) is 0 Å². The summed E-state index contributed by atoms with van der Waals surface area (Å²) in [7, 11) is 1.80. The molecule has 1 unspecified atom stereocenters. The Kier molecular flexibility index (Phi) is 4.87. The number of aliphatic hydroxyl groups excluding tert-OH is 1.